The number of fused-ring (bicyclic) bond motifs is 2. The van der Waals surface area contributed by atoms with Gasteiger partial charge in [-0.15, -0.1) is 27.7 Å². The third kappa shape index (κ3) is 3.92. The summed E-state index contributed by atoms with van der Waals surface area (Å²) >= 11 is 0. The molecule has 0 saturated carbocycles. The third-order valence-electron chi connectivity index (χ3n) is 6.14. The monoisotopic (exact) mass is 427 g/mol. The normalized spacial score (nSPS) is 19.2. The topological polar surface area (TPSA) is 101 Å². The SMILES string of the molecule is Cl.Nc1ccc2c(c1)CCCC2NC(=O)C1CCN(c2ccc3nncn3n2)CC1. The van der Waals surface area contributed by atoms with E-state index < -0.39 is 0 Å². The summed E-state index contributed by atoms with van der Waals surface area (Å²) in [7, 11) is 0. The molecule has 9 heteroatoms. The first-order valence-corrected chi connectivity index (χ1v) is 10.3. The molecule has 1 fully saturated rings. The Labute approximate surface area is 181 Å². The molecule has 3 N–H and O–H groups in total. The van der Waals surface area contributed by atoms with Gasteiger partial charge in [0.15, 0.2) is 5.65 Å². The van der Waals surface area contributed by atoms with E-state index in [0.29, 0.717) is 0 Å². The van der Waals surface area contributed by atoms with Crippen molar-refractivity contribution in [2.24, 2.45) is 5.92 Å². The van der Waals surface area contributed by atoms with Crippen LogP contribution in [0.25, 0.3) is 5.65 Å². The van der Waals surface area contributed by atoms with E-state index in [0.717, 1.165) is 62.3 Å². The first-order chi connectivity index (χ1) is 14.2. The van der Waals surface area contributed by atoms with Gasteiger partial charge < -0.3 is 16.0 Å². The largest absolute Gasteiger partial charge is 0.399 e. The van der Waals surface area contributed by atoms with Crippen molar-refractivity contribution in [2.75, 3.05) is 23.7 Å². The number of rotatable bonds is 3. The number of hydrogen-bond acceptors (Lipinski definition) is 6. The highest BCUT2D eigenvalue weighted by Crippen LogP contribution is 2.32. The summed E-state index contributed by atoms with van der Waals surface area (Å²) in [6, 6.07) is 10.0. The van der Waals surface area contributed by atoms with Gasteiger partial charge in [0, 0.05) is 24.7 Å². The lowest BCUT2D eigenvalue weighted by molar-refractivity contribution is -0.126. The van der Waals surface area contributed by atoms with Gasteiger partial charge in [-0.3, -0.25) is 4.79 Å². The molecule has 0 radical (unpaired) electrons. The minimum atomic E-state index is 0. The number of hydrogen-bond donors (Lipinski definition) is 2. The molecular weight excluding hydrogens is 402 g/mol. The number of amides is 1. The van der Waals surface area contributed by atoms with Gasteiger partial charge in [-0.25, -0.2) is 0 Å². The summed E-state index contributed by atoms with van der Waals surface area (Å²) < 4.78 is 1.68. The quantitative estimate of drug-likeness (QED) is 0.623. The van der Waals surface area contributed by atoms with Crippen LogP contribution in [0.15, 0.2) is 36.7 Å². The molecule has 1 atom stereocenters. The first-order valence-electron chi connectivity index (χ1n) is 10.3. The Kier molecular flexibility index (Phi) is 5.76. The Morgan fingerprint density at radius 1 is 1.13 bits per heavy atom. The van der Waals surface area contributed by atoms with Crippen LogP contribution in [0, 0.1) is 5.92 Å². The van der Waals surface area contributed by atoms with E-state index in [-0.39, 0.29) is 30.3 Å². The molecule has 5 rings (SSSR count). The standard InChI is InChI=1S/C21H25N7O.ClH/c22-16-4-5-17-15(12-16)2-1-3-18(17)24-21(29)14-8-10-27(11-9-14)20-7-6-19-25-23-13-28(19)26-20;/h4-7,12-14,18H,1-3,8-11,22H2,(H,24,29);1H. The second-order valence-electron chi connectivity index (χ2n) is 8.00. The summed E-state index contributed by atoms with van der Waals surface area (Å²) in [4.78, 5) is 15.2. The number of halogens is 1. The molecule has 1 saturated heterocycles. The smallest absolute Gasteiger partial charge is 0.223 e. The molecule has 8 nitrogen and oxygen atoms in total. The lowest BCUT2D eigenvalue weighted by Crippen LogP contribution is -2.42. The molecule has 1 unspecified atom stereocenters. The van der Waals surface area contributed by atoms with Gasteiger partial charge in [0.25, 0.3) is 0 Å². The molecule has 0 spiro atoms. The average molecular weight is 428 g/mol. The fraction of sp³-hybridized carbons (Fsp3) is 0.429. The Bertz CT molecular complexity index is 1040. The van der Waals surface area contributed by atoms with Gasteiger partial charge in [-0.1, -0.05) is 6.07 Å². The Morgan fingerprint density at radius 3 is 2.80 bits per heavy atom. The molecule has 1 aromatic carbocycles. The van der Waals surface area contributed by atoms with E-state index in [2.05, 4.69) is 31.6 Å². The predicted octanol–water partition coefficient (Wildman–Crippen LogP) is 2.54. The fourth-order valence-electron chi connectivity index (χ4n) is 4.53. The van der Waals surface area contributed by atoms with Crippen LogP contribution in [-0.2, 0) is 11.2 Å². The highest BCUT2D eigenvalue weighted by molar-refractivity contribution is 5.85. The Balaban J connectivity index is 0.00000218. The molecule has 3 aromatic rings. The van der Waals surface area contributed by atoms with E-state index in [1.807, 2.05) is 24.3 Å². The van der Waals surface area contributed by atoms with Crippen LogP contribution in [0.2, 0.25) is 0 Å². The lowest BCUT2D eigenvalue weighted by Gasteiger charge is -2.33. The molecule has 1 aliphatic carbocycles. The van der Waals surface area contributed by atoms with Crippen LogP contribution < -0.4 is 16.0 Å². The van der Waals surface area contributed by atoms with Crippen molar-refractivity contribution < 1.29 is 4.79 Å². The number of piperidine rings is 1. The summed E-state index contributed by atoms with van der Waals surface area (Å²) in [6.07, 6.45) is 6.37. The second kappa shape index (κ2) is 8.47. The molecule has 0 bridgehead atoms. The number of aryl methyl sites for hydroxylation is 1. The fourth-order valence-corrected chi connectivity index (χ4v) is 4.53. The van der Waals surface area contributed by atoms with Crippen LogP contribution in [0.4, 0.5) is 11.5 Å². The molecular formula is C21H26ClN7O. The van der Waals surface area contributed by atoms with Crippen molar-refractivity contribution in [3.05, 3.63) is 47.8 Å². The maximum Gasteiger partial charge on any atom is 0.223 e. The van der Waals surface area contributed by atoms with Crippen molar-refractivity contribution in [1.29, 1.82) is 0 Å². The van der Waals surface area contributed by atoms with Crippen molar-refractivity contribution in [3.8, 4) is 0 Å². The van der Waals surface area contributed by atoms with E-state index in [1.54, 1.807) is 10.8 Å². The van der Waals surface area contributed by atoms with Crippen LogP contribution in [-0.4, -0.2) is 38.8 Å². The van der Waals surface area contributed by atoms with E-state index in [4.69, 9.17) is 5.73 Å². The van der Waals surface area contributed by atoms with Gasteiger partial charge in [0.05, 0.1) is 6.04 Å². The molecule has 30 heavy (non-hydrogen) atoms. The van der Waals surface area contributed by atoms with E-state index in [9.17, 15) is 4.79 Å². The Morgan fingerprint density at radius 2 is 1.97 bits per heavy atom. The van der Waals surface area contributed by atoms with E-state index in [1.165, 1.54) is 11.1 Å². The zero-order valence-corrected chi connectivity index (χ0v) is 17.5. The van der Waals surface area contributed by atoms with Crippen molar-refractivity contribution in [2.45, 2.75) is 38.1 Å². The summed E-state index contributed by atoms with van der Waals surface area (Å²) in [5, 5.41) is 15.7. The maximum atomic E-state index is 12.9. The van der Waals surface area contributed by atoms with Gasteiger partial charge in [-0.2, -0.15) is 4.52 Å². The van der Waals surface area contributed by atoms with Crippen LogP contribution in [0.3, 0.4) is 0 Å². The number of nitrogens with zero attached hydrogens (tertiary/aromatic N) is 5. The average Bonchev–Trinajstić information content (AvgIpc) is 3.21. The number of carbonyl (C=O) groups excluding carboxylic acids is 1. The number of carbonyl (C=O) groups is 1. The molecule has 2 aliphatic rings. The van der Waals surface area contributed by atoms with Gasteiger partial charge in [0.2, 0.25) is 5.91 Å². The van der Waals surface area contributed by atoms with E-state index >= 15 is 0 Å². The van der Waals surface area contributed by atoms with Gasteiger partial charge in [0.1, 0.15) is 12.1 Å². The molecule has 1 amide bonds. The zero-order valence-electron chi connectivity index (χ0n) is 16.7. The number of anilines is 2. The van der Waals surface area contributed by atoms with Crippen molar-refractivity contribution >= 4 is 35.5 Å². The van der Waals surface area contributed by atoms with Crippen molar-refractivity contribution in [3.63, 3.8) is 0 Å². The minimum Gasteiger partial charge on any atom is -0.399 e. The number of nitrogens with one attached hydrogen (secondary N) is 1. The van der Waals surface area contributed by atoms with Gasteiger partial charge in [-0.05, 0) is 67.5 Å². The van der Waals surface area contributed by atoms with Crippen molar-refractivity contribution in [1.82, 2.24) is 25.1 Å². The van der Waals surface area contributed by atoms with Crippen LogP contribution >= 0.6 is 12.4 Å². The maximum absolute atomic E-state index is 12.9. The highest BCUT2D eigenvalue weighted by Gasteiger charge is 2.29. The molecule has 2 aromatic heterocycles. The predicted molar refractivity (Wildman–Crippen MR) is 118 cm³/mol. The minimum absolute atomic E-state index is 0. The number of aromatic nitrogens is 4. The molecule has 1 aliphatic heterocycles. The van der Waals surface area contributed by atoms with Gasteiger partial charge >= 0.3 is 0 Å². The zero-order chi connectivity index (χ0) is 19.8. The number of nitrogens with two attached hydrogens (primary N) is 1. The molecule has 158 valence electrons. The third-order valence-corrected chi connectivity index (χ3v) is 6.14. The first kappa shape index (κ1) is 20.4. The summed E-state index contributed by atoms with van der Waals surface area (Å²) in [6.45, 7) is 1.63. The molecule has 3 heterocycles. The van der Waals surface area contributed by atoms with Crippen LogP contribution in [0.1, 0.15) is 42.9 Å². The number of nitrogen functional groups attached to an aromatic ring is 1. The number of benzene rings is 1. The second-order valence-corrected chi connectivity index (χ2v) is 8.00. The van der Waals surface area contributed by atoms with Crippen LogP contribution in [0.5, 0.6) is 0 Å². The summed E-state index contributed by atoms with van der Waals surface area (Å²) in [5.74, 6) is 1.11. The summed E-state index contributed by atoms with van der Waals surface area (Å²) in [5.41, 5.74) is 9.95. The Hall–Kier alpha value is -2.87. The lowest BCUT2D eigenvalue weighted by atomic mass is 9.86. The highest BCUT2D eigenvalue weighted by atomic mass is 35.5.